The Morgan fingerprint density at radius 2 is 1.11 bits per heavy atom. The van der Waals surface area contributed by atoms with Crippen LogP contribution in [0.15, 0.2) is 12.7 Å². The molecular formula is C23H39F9O2S. The Hall–Kier alpha value is -0.620. The summed E-state index contributed by atoms with van der Waals surface area (Å²) in [5, 5.41) is 0. The van der Waals surface area contributed by atoms with Gasteiger partial charge >= 0.3 is 11.8 Å². The molecule has 212 valence electrons. The van der Waals surface area contributed by atoms with E-state index in [1.807, 2.05) is 0 Å². The van der Waals surface area contributed by atoms with Gasteiger partial charge in [0.25, 0.3) is 11.8 Å². The fraction of sp³-hybridized carbons (Fsp3) is 0.913. The second-order valence-corrected chi connectivity index (χ2v) is 12.3. The number of hydrogen-bond acceptors (Lipinski definition) is 2. The van der Waals surface area contributed by atoms with Crippen molar-refractivity contribution in [2.75, 3.05) is 24.7 Å². The van der Waals surface area contributed by atoms with Crippen LogP contribution in [0, 0.1) is 10.8 Å². The van der Waals surface area contributed by atoms with Crippen LogP contribution in [0.5, 0.6) is 0 Å². The first-order valence-corrected chi connectivity index (χ1v) is 13.2. The van der Waals surface area contributed by atoms with Crippen molar-refractivity contribution in [3.8, 4) is 0 Å². The Morgan fingerprint density at radius 1 is 0.686 bits per heavy atom. The molecule has 0 heterocycles. The summed E-state index contributed by atoms with van der Waals surface area (Å²) in [7, 11) is -2.50. The molecule has 0 saturated carbocycles. The van der Waals surface area contributed by atoms with Crippen LogP contribution in [0.2, 0.25) is 0 Å². The summed E-state index contributed by atoms with van der Waals surface area (Å²) in [5.41, 5.74) is -11.7. The maximum atomic E-state index is 15.7. The summed E-state index contributed by atoms with van der Waals surface area (Å²) in [4.78, 5) is 0. The molecule has 2 unspecified atom stereocenters. The van der Waals surface area contributed by atoms with Crippen LogP contribution in [0.25, 0.3) is 0 Å². The minimum absolute atomic E-state index is 0.0340. The van der Waals surface area contributed by atoms with Crippen LogP contribution < -0.4 is 0 Å². The molecule has 0 aliphatic heterocycles. The number of halogens is 9. The van der Waals surface area contributed by atoms with Gasteiger partial charge in [0.05, 0.1) is 18.6 Å². The molecule has 35 heavy (non-hydrogen) atoms. The minimum Gasteiger partial charge on any atom is -0.285 e. The number of alkyl halides is 9. The maximum absolute atomic E-state index is 15.7. The third-order valence-corrected chi connectivity index (χ3v) is 9.74. The fourth-order valence-electron chi connectivity index (χ4n) is 4.01. The lowest BCUT2D eigenvalue weighted by atomic mass is 9.60. The van der Waals surface area contributed by atoms with E-state index in [0.717, 1.165) is 0 Å². The quantitative estimate of drug-likeness (QED) is 0.141. The predicted octanol–water partition coefficient (Wildman–Crippen LogP) is 9.00. The molecule has 0 N–H and O–H groups in total. The molecule has 0 aromatic rings. The van der Waals surface area contributed by atoms with Crippen LogP contribution in [0.1, 0.15) is 68.2 Å². The van der Waals surface area contributed by atoms with Crippen molar-refractivity contribution >= 4 is 10.6 Å². The molecule has 0 aromatic heterocycles. The van der Waals surface area contributed by atoms with Gasteiger partial charge in [-0.1, -0.05) is 13.0 Å². The first-order valence-electron chi connectivity index (χ1n) is 11.4. The van der Waals surface area contributed by atoms with Gasteiger partial charge in [-0.25, -0.2) is 30.7 Å². The Labute approximate surface area is 204 Å². The number of allylic oxidation sites excluding steroid dienone is 1. The third kappa shape index (κ3) is 5.78. The van der Waals surface area contributed by atoms with Crippen LogP contribution in [-0.4, -0.2) is 54.1 Å². The second kappa shape index (κ2) is 11.0. The summed E-state index contributed by atoms with van der Waals surface area (Å²) in [6, 6.07) is 0. The highest BCUT2D eigenvalue weighted by molar-refractivity contribution is 8.25. The third-order valence-electron chi connectivity index (χ3n) is 6.55. The van der Waals surface area contributed by atoms with E-state index in [9.17, 15) is 17.6 Å². The molecule has 2 atom stereocenters. The molecule has 0 amide bonds. The van der Waals surface area contributed by atoms with Crippen molar-refractivity contribution in [2.45, 2.75) is 97.6 Å². The van der Waals surface area contributed by atoms with E-state index in [1.165, 1.54) is 0 Å². The van der Waals surface area contributed by atoms with Crippen LogP contribution in [0.4, 0.5) is 39.5 Å². The zero-order valence-corrected chi connectivity index (χ0v) is 22.5. The van der Waals surface area contributed by atoms with Gasteiger partial charge in [-0.3, -0.25) is 8.37 Å². The highest BCUT2D eigenvalue weighted by Crippen LogP contribution is 2.66. The van der Waals surface area contributed by atoms with E-state index >= 15 is 22.0 Å². The SMILES string of the molecule is C=CC(C)(C(F)(F)C(C)(F)CCS(CCC)(OCC)OCC)C(F)(F)C(C)(C)C(F)(F)C(C)(F)F. The first kappa shape index (κ1) is 34.4. The monoisotopic (exact) mass is 550 g/mol. The molecule has 12 heteroatoms. The molecule has 0 aliphatic carbocycles. The van der Waals surface area contributed by atoms with Crippen molar-refractivity contribution in [1.82, 2.24) is 0 Å². The van der Waals surface area contributed by atoms with Crippen molar-refractivity contribution < 1.29 is 47.9 Å². The molecule has 0 aliphatic rings. The molecule has 0 saturated heterocycles. The van der Waals surface area contributed by atoms with Crippen LogP contribution in [-0.2, 0) is 8.37 Å². The predicted molar refractivity (Wildman–Crippen MR) is 123 cm³/mol. The van der Waals surface area contributed by atoms with E-state index in [2.05, 4.69) is 6.58 Å². The average molecular weight is 551 g/mol. The van der Waals surface area contributed by atoms with E-state index in [-0.39, 0.29) is 58.5 Å². The lowest BCUT2D eigenvalue weighted by Crippen LogP contribution is -2.68. The first-order chi connectivity index (χ1) is 15.4. The summed E-state index contributed by atoms with van der Waals surface area (Å²) in [5.74, 6) is -20.8. The highest BCUT2D eigenvalue weighted by atomic mass is 32.3. The van der Waals surface area contributed by atoms with Crippen molar-refractivity contribution in [3.63, 3.8) is 0 Å². The summed E-state index contributed by atoms with van der Waals surface area (Å²) in [6.45, 7) is 8.56. The van der Waals surface area contributed by atoms with Crippen molar-refractivity contribution in [2.24, 2.45) is 10.8 Å². The van der Waals surface area contributed by atoms with Crippen molar-refractivity contribution in [1.29, 1.82) is 0 Å². The van der Waals surface area contributed by atoms with Gasteiger partial charge in [0, 0.05) is 24.9 Å². The number of rotatable bonds is 16. The van der Waals surface area contributed by atoms with Crippen LogP contribution >= 0.6 is 10.6 Å². The summed E-state index contributed by atoms with van der Waals surface area (Å²) in [6.07, 6.45) is -0.547. The molecule has 2 nitrogen and oxygen atoms in total. The molecule has 0 aromatic carbocycles. The van der Waals surface area contributed by atoms with Gasteiger partial charge in [0.2, 0.25) is 0 Å². The fourth-order valence-corrected chi connectivity index (χ4v) is 6.93. The Bertz CT molecular complexity index is 689. The summed E-state index contributed by atoms with van der Waals surface area (Å²) >= 11 is 0. The zero-order chi connectivity index (χ0) is 28.4. The summed E-state index contributed by atoms with van der Waals surface area (Å²) < 4.78 is 146. The average Bonchev–Trinajstić information content (AvgIpc) is 2.70. The van der Waals surface area contributed by atoms with Crippen LogP contribution in [0.3, 0.4) is 0 Å². The molecule has 0 radical (unpaired) electrons. The molecule has 0 fully saturated rings. The molecular weight excluding hydrogens is 511 g/mol. The minimum atomic E-state index is -5.43. The van der Waals surface area contributed by atoms with E-state index in [0.29, 0.717) is 13.3 Å². The van der Waals surface area contributed by atoms with Gasteiger partial charge in [-0.15, -0.1) is 6.58 Å². The van der Waals surface area contributed by atoms with Gasteiger partial charge in [-0.2, -0.15) is 19.4 Å². The molecule has 0 bridgehead atoms. The maximum Gasteiger partial charge on any atom is 0.320 e. The molecule has 0 rings (SSSR count). The lowest BCUT2D eigenvalue weighted by Gasteiger charge is -2.53. The molecule has 0 spiro atoms. The van der Waals surface area contributed by atoms with E-state index in [1.54, 1.807) is 20.8 Å². The van der Waals surface area contributed by atoms with E-state index < -0.39 is 57.2 Å². The largest absolute Gasteiger partial charge is 0.320 e. The smallest absolute Gasteiger partial charge is 0.285 e. The van der Waals surface area contributed by atoms with Crippen molar-refractivity contribution in [3.05, 3.63) is 12.7 Å². The van der Waals surface area contributed by atoms with Gasteiger partial charge in [-0.05, 0) is 48.0 Å². The normalized spacial score (nSPS) is 18.7. The topological polar surface area (TPSA) is 18.5 Å². The van der Waals surface area contributed by atoms with Gasteiger partial charge in [0.1, 0.15) is 5.41 Å². The zero-order valence-electron chi connectivity index (χ0n) is 21.7. The Balaban J connectivity index is 6.57. The Morgan fingerprint density at radius 3 is 1.43 bits per heavy atom. The Kier molecular flexibility index (Phi) is 10.8. The standard InChI is InChI=1S/C23H39F9O2S/c1-10-15-35(33-12-3,34-13-4)16-14-19(8,24)23(31,32)18(7,11-2)21(27,28)17(5,6)22(29,30)20(9,25)26/h11H,2,10,12-16H2,1,3-9H3. The lowest BCUT2D eigenvalue weighted by molar-refractivity contribution is -0.353. The van der Waals surface area contributed by atoms with E-state index in [4.69, 9.17) is 8.37 Å². The highest BCUT2D eigenvalue weighted by Gasteiger charge is 2.80. The van der Waals surface area contributed by atoms with Gasteiger partial charge in [0.15, 0.2) is 5.67 Å². The number of hydrogen-bond donors (Lipinski definition) is 0. The second-order valence-electron chi connectivity index (χ2n) is 9.56. The van der Waals surface area contributed by atoms with Gasteiger partial charge < -0.3 is 0 Å².